The molecule has 0 spiro atoms. The first-order valence-corrected chi connectivity index (χ1v) is 17.2. The van der Waals surface area contributed by atoms with Gasteiger partial charge in [-0.2, -0.15) is 0 Å². The Balaban J connectivity index is 3.56. The number of allylic oxidation sites excluding steroid dienone is 2. The fraction of sp³-hybridized carbons (Fsp3) is 0.886. The molecule has 5 nitrogen and oxygen atoms in total. The highest BCUT2D eigenvalue weighted by Gasteiger charge is 2.16. The summed E-state index contributed by atoms with van der Waals surface area (Å²) in [7, 11) is 0. The summed E-state index contributed by atoms with van der Waals surface area (Å²) in [6.07, 6.45) is 34.0. The van der Waals surface area contributed by atoms with Gasteiger partial charge in [0, 0.05) is 12.8 Å². The van der Waals surface area contributed by atoms with Crippen molar-refractivity contribution < 1.29 is 24.2 Å². The smallest absolute Gasteiger partial charge is 0.306 e. The molecule has 0 amide bonds. The molecule has 0 saturated heterocycles. The van der Waals surface area contributed by atoms with E-state index in [-0.39, 0.29) is 25.2 Å². The lowest BCUT2D eigenvalue weighted by Gasteiger charge is -2.15. The zero-order chi connectivity index (χ0) is 29.4. The second kappa shape index (κ2) is 32.2. The van der Waals surface area contributed by atoms with E-state index >= 15 is 0 Å². The van der Waals surface area contributed by atoms with Crippen molar-refractivity contribution in [2.24, 2.45) is 0 Å². The molecule has 1 atom stereocenters. The van der Waals surface area contributed by atoms with Crippen molar-refractivity contribution in [2.45, 2.75) is 187 Å². The molecule has 0 aromatic heterocycles. The Hall–Kier alpha value is -1.36. The Morgan fingerprint density at radius 3 is 1.38 bits per heavy atom. The first kappa shape index (κ1) is 38.6. The van der Waals surface area contributed by atoms with Gasteiger partial charge in [-0.1, -0.05) is 142 Å². The molecule has 0 fully saturated rings. The van der Waals surface area contributed by atoms with E-state index in [2.05, 4.69) is 26.0 Å². The van der Waals surface area contributed by atoms with E-state index in [0.717, 1.165) is 38.5 Å². The minimum absolute atomic E-state index is 0.0624. The fourth-order valence-electron chi connectivity index (χ4n) is 4.90. The van der Waals surface area contributed by atoms with Crippen molar-refractivity contribution in [3.8, 4) is 0 Å². The van der Waals surface area contributed by atoms with Crippen LogP contribution in [0, 0.1) is 0 Å². The van der Waals surface area contributed by atoms with Gasteiger partial charge in [0.15, 0.2) is 6.10 Å². The molecular weight excluding hydrogens is 500 g/mol. The van der Waals surface area contributed by atoms with Crippen LogP contribution in [-0.2, 0) is 19.1 Å². The zero-order valence-corrected chi connectivity index (χ0v) is 26.6. The third kappa shape index (κ3) is 29.6. The Morgan fingerprint density at radius 2 is 0.925 bits per heavy atom. The number of hydrogen-bond acceptors (Lipinski definition) is 5. The summed E-state index contributed by atoms with van der Waals surface area (Å²) in [4.78, 5) is 24.1. The number of carbonyl (C=O) groups is 2. The lowest BCUT2D eigenvalue weighted by molar-refractivity contribution is -0.161. The summed E-state index contributed by atoms with van der Waals surface area (Å²) in [5, 5.41) is 9.50. The molecule has 0 aliphatic heterocycles. The molecule has 0 aromatic carbocycles. The Kier molecular flexibility index (Phi) is 31.1. The molecule has 0 saturated carbocycles. The fourth-order valence-corrected chi connectivity index (χ4v) is 4.90. The molecular formula is C35H66O5. The van der Waals surface area contributed by atoms with Gasteiger partial charge in [0.05, 0.1) is 6.61 Å². The molecule has 0 bridgehead atoms. The lowest BCUT2D eigenvalue weighted by Crippen LogP contribution is -2.28. The van der Waals surface area contributed by atoms with Gasteiger partial charge in [0.25, 0.3) is 0 Å². The second-order valence-electron chi connectivity index (χ2n) is 11.6. The number of carbonyl (C=O) groups excluding carboxylic acids is 2. The zero-order valence-electron chi connectivity index (χ0n) is 26.6. The maximum atomic E-state index is 12.1. The highest BCUT2D eigenvalue weighted by atomic mass is 16.6. The van der Waals surface area contributed by atoms with E-state index in [1.165, 1.54) is 116 Å². The van der Waals surface area contributed by atoms with E-state index in [1.54, 1.807) is 0 Å². The number of aliphatic hydroxyl groups is 1. The highest BCUT2D eigenvalue weighted by molar-refractivity contribution is 5.70. The summed E-state index contributed by atoms with van der Waals surface area (Å²) in [5.74, 6) is -0.592. The third-order valence-corrected chi connectivity index (χ3v) is 7.56. The van der Waals surface area contributed by atoms with Crippen molar-refractivity contribution in [3.05, 3.63) is 12.2 Å². The van der Waals surface area contributed by atoms with E-state index in [9.17, 15) is 14.7 Å². The number of rotatable bonds is 31. The minimum atomic E-state index is -0.765. The molecule has 5 heteroatoms. The quantitative estimate of drug-likeness (QED) is 0.0513. The standard InChI is InChI=1S/C35H66O5/c1-3-5-7-9-11-13-15-16-17-18-20-22-24-26-28-30-35(38)40-33(31-36)32-39-34(37)29-27-25-23-21-19-14-12-10-8-6-4-2/h13,15,33,36H,3-12,14,16-32H2,1-2H3/b15-13-/t33-/m0/s1. The molecule has 1 N–H and O–H groups in total. The van der Waals surface area contributed by atoms with Crippen LogP contribution in [-0.4, -0.2) is 36.4 Å². The predicted molar refractivity (Wildman–Crippen MR) is 168 cm³/mol. The number of ether oxygens (including phenoxy) is 2. The van der Waals surface area contributed by atoms with Gasteiger partial charge >= 0.3 is 11.9 Å². The minimum Gasteiger partial charge on any atom is -0.462 e. The summed E-state index contributed by atoms with van der Waals surface area (Å²) < 4.78 is 10.5. The molecule has 0 heterocycles. The topological polar surface area (TPSA) is 72.8 Å². The summed E-state index contributed by atoms with van der Waals surface area (Å²) in [5.41, 5.74) is 0. The van der Waals surface area contributed by atoms with Gasteiger partial charge in [-0.25, -0.2) is 0 Å². The van der Waals surface area contributed by atoms with Gasteiger partial charge < -0.3 is 14.6 Å². The van der Waals surface area contributed by atoms with E-state index in [1.807, 2.05) is 0 Å². The third-order valence-electron chi connectivity index (χ3n) is 7.56. The second-order valence-corrected chi connectivity index (χ2v) is 11.6. The maximum Gasteiger partial charge on any atom is 0.306 e. The largest absolute Gasteiger partial charge is 0.462 e. The van der Waals surface area contributed by atoms with Crippen LogP contribution < -0.4 is 0 Å². The van der Waals surface area contributed by atoms with E-state index < -0.39 is 6.10 Å². The Labute approximate surface area is 248 Å². The van der Waals surface area contributed by atoms with E-state index in [4.69, 9.17) is 9.47 Å². The molecule has 0 aromatic rings. The average molecular weight is 567 g/mol. The van der Waals surface area contributed by atoms with Crippen molar-refractivity contribution in [1.82, 2.24) is 0 Å². The number of unbranched alkanes of at least 4 members (excludes halogenated alkanes) is 21. The normalized spacial score (nSPS) is 12.2. The Bertz CT molecular complexity index is 574. The van der Waals surface area contributed by atoms with E-state index in [0.29, 0.717) is 12.8 Å². The van der Waals surface area contributed by atoms with Crippen LogP contribution in [0.1, 0.15) is 181 Å². The monoisotopic (exact) mass is 566 g/mol. The van der Waals surface area contributed by atoms with Crippen molar-refractivity contribution in [3.63, 3.8) is 0 Å². The predicted octanol–water partition coefficient (Wildman–Crippen LogP) is 10.2. The van der Waals surface area contributed by atoms with Crippen molar-refractivity contribution in [1.29, 1.82) is 0 Å². The average Bonchev–Trinajstić information content (AvgIpc) is 2.96. The number of esters is 2. The highest BCUT2D eigenvalue weighted by Crippen LogP contribution is 2.13. The van der Waals surface area contributed by atoms with Crippen molar-refractivity contribution in [2.75, 3.05) is 13.2 Å². The number of aliphatic hydroxyl groups excluding tert-OH is 1. The van der Waals surface area contributed by atoms with Gasteiger partial charge in [-0.3, -0.25) is 9.59 Å². The SMILES string of the molecule is CCCCCC/C=C\CCCCCCCCCC(=O)O[C@@H](CO)COC(=O)CCCCCCCCCCCCC. The molecule has 0 aliphatic carbocycles. The maximum absolute atomic E-state index is 12.1. The molecule has 40 heavy (non-hydrogen) atoms. The van der Waals surface area contributed by atoms with Crippen LogP contribution in [0.5, 0.6) is 0 Å². The van der Waals surface area contributed by atoms with Gasteiger partial charge in [0.1, 0.15) is 6.61 Å². The summed E-state index contributed by atoms with van der Waals surface area (Å²) in [6.45, 7) is 4.11. The van der Waals surface area contributed by atoms with Gasteiger partial charge in [0.2, 0.25) is 0 Å². The molecule has 0 radical (unpaired) electrons. The summed E-state index contributed by atoms with van der Waals surface area (Å²) >= 11 is 0. The van der Waals surface area contributed by atoms with Crippen LogP contribution in [0.3, 0.4) is 0 Å². The van der Waals surface area contributed by atoms with Gasteiger partial charge in [-0.05, 0) is 38.5 Å². The molecule has 0 aliphatic rings. The molecule has 236 valence electrons. The van der Waals surface area contributed by atoms with Gasteiger partial charge in [-0.15, -0.1) is 0 Å². The van der Waals surface area contributed by atoms with Crippen LogP contribution in [0.4, 0.5) is 0 Å². The van der Waals surface area contributed by atoms with Crippen LogP contribution in [0.2, 0.25) is 0 Å². The van der Waals surface area contributed by atoms with Crippen LogP contribution in [0.15, 0.2) is 12.2 Å². The van der Waals surface area contributed by atoms with Crippen molar-refractivity contribution >= 4 is 11.9 Å². The van der Waals surface area contributed by atoms with Crippen LogP contribution >= 0.6 is 0 Å². The molecule has 0 rings (SSSR count). The summed E-state index contributed by atoms with van der Waals surface area (Å²) in [6, 6.07) is 0. The first-order valence-electron chi connectivity index (χ1n) is 17.2. The first-order chi connectivity index (χ1) is 19.6. The number of hydrogen-bond donors (Lipinski definition) is 1. The lowest BCUT2D eigenvalue weighted by atomic mass is 10.1. The van der Waals surface area contributed by atoms with Crippen LogP contribution in [0.25, 0.3) is 0 Å². The molecule has 0 unspecified atom stereocenters. The Morgan fingerprint density at radius 1 is 0.550 bits per heavy atom.